The molecule has 0 aromatic carbocycles. The van der Waals surface area contributed by atoms with Crippen LogP contribution in [0.2, 0.25) is 0 Å². The van der Waals surface area contributed by atoms with Crippen LogP contribution in [-0.4, -0.2) is 12.6 Å². The Bertz CT molecular complexity index is 745. The van der Waals surface area contributed by atoms with E-state index < -0.39 is 5.41 Å². The monoisotopic (exact) mass is 470 g/mol. The molecule has 0 saturated heterocycles. The fourth-order valence-corrected chi connectivity index (χ4v) is 9.26. The van der Waals surface area contributed by atoms with Gasteiger partial charge < -0.3 is 4.74 Å². The third kappa shape index (κ3) is 4.90. The molecular formula is C32H54O2. The highest BCUT2D eigenvalue weighted by molar-refractivity contribution is 5.75. The van der Waals surface area contributed by atoms with Crippen molar-refractivity contribution in [1.82, 2.24) is 0 Å². The predicted molar refractivity (Wildman–Crippen MR) is 142 cm³/mol. The summed E-state index contributed by atoms with van der Waals surface area (Å²) in [6.07, 6.45) is 20.3. The van der Waals surface area contributed by atoms with E-state index in [1.165, 1.54) is 64.2 Å². The molecular weight excluding hydrogens is 416 g/mol. The normalized spacial score (nSPS) is 41.1. The third-order valence-corrected chi connectivity index (χ3v) is 11.2. The zero-order valence-electron chi connectivity index (χ0n) is 23.5. The lowest BCUT2D eigenvalue weighted by Crippen LogP contribution is -2.53. The highest BCUT2D eigenvalue weighted by atomic mass is 16.5. The van der Waals surface area contributed by atoms with Crippen molar-refractivity contribution in [2.45, 2.75) is 119 Å². The Kier molecular flexibility index (Phi) is 7.67. The quantitative estimate of drug-likeness (QED) is 0.286. The molecule has 0 aromatic rings. The Balaban J connectivity index is 1.53. The molecule has 4 aliphatic rings. The summed E-state index contributed by atoms with van der Waals surface area (Å²) < 4.78 is 5.97. The molecule has 0 amide bonds. The first-order valence-electron chi connectivity index (χ1n) is 14.8. The molecule has 8 atom stereocenters. The van der Waals surface area contributed by atoms with Gasteiger partial charge in [0.2, 0.25) is 0 Å². The second kappa shape index (κ2) is 9.93. The number of carbonyl (C=O) groups excluding carboxylic acids is 1. The summed E-state index contributed by atoms with van der Waals surface area (Å²) in [5.41, 5.74) is 0.583. The lowest BCUT2D eigenvalue weighted by atomic mass is 9.44. The summed E-state index contributed by atoms with van der Waals surface area (Å²) in [4.78, 5) is 12.6. The van der Waals surface area contributed by atoms with E-state index in [1.54, 1.807) is 0 Å². The summed E-state index contributed by atoms with van der Waals surface area (Å²) in [6.45, 7) is 16.4. The van der Waals surface area contributed by atoms with Crippen LogP contribution in [0.15, 0.2) is 12.2 Å². The standard InChI is InChI=1S/C32H54O2/c1-22(2)11-10-12-23(21-34-29(33)30(3,4)5)26-16-17-27-25-15-14-24-13-8-9-19-31(24,6)28(25)18-20-32(26,27)7/h10,12,22-28H,8-9,11,13-21H2,1-7H3/t23-,24?,25-,26+,27-,28-,31-,32+/m0/s1. The molecule has 4 saturated carbocycles. The smallest absolute Gasteiger partial charge is 0.311 e. The fraction of sp³-hybridized carbons (Fsp3) is 0.906. The second-order valence-corrected chi connectivity index (χ2v) is 14.7. The van der Waals surface area contributed by atoms with Crippen LogP contribution in [0.1, 0.15) is 119 Å². The maximum absolute atomic E-state index is 12.6. The van der Waals surface area contributed by atoms with Gasteiger partial charge >= 0.3 is 5.97 Å². The number of hydrogen-bond donors (Lipinski definition) is 0. The Hall–Kier alpha value is -0.790. The number of rotatable bonds is 6. The van der Waals surface area contributed by atoms with E-state index in [-0.39, 0.29) is 5.97 Å². The maximum atomic E-state index is 12.6. The fourth-order valence-electron chi connectivity index (χ4n) is 9.26. The molecule has 2 nitrogen and oxygen atoms in total. The molecule has 4 aliphatic carbocycles. The molecule has 0 bridgehead atoms. The molecule has 1 unspecified atom stereocenters. The van der Waals surface area contributed by atoms with Gasteiger partial charge in [0.1, 0.15) is 0 Å². The molecule has 0 heterocycles. The topological polar surface area (TPSA) is 26.3 Å². The van der Waals surface area contributed by atoms with Gasteiger partial charge in [-0.1, -0.05) is 52.7 Å². The van der Waals surface area contributed by atoms with Gasteiger partial charge in [-0.2, -0.15) is 0 Å². The van der Waals surface area contributed by atoms with E-state index in [2.05, 4.69) is 39.8 Å². The van der Waals surface area contributed by atoms with Crippen LogP contribution < -0.4 is 0 Å². The van der Waals surface area contributed by atoms with Crippen molar-refractivity contribution in [3.05, 3.63) is 12.2 Å². The van der Waals surface area contributed by atoms with E-state index in [4.69, 9.17) is 4.74 Å². The molecule has 0 N–H and O–H groups in total. The Labute approximate surface area is 211 Å². The molecule has 0 aliphatic heterocycles. The van der Waals surface area contributed by atoms with Crippen LogP contribution in [0, 0.1) is 57.7 Å². The molecule has 0 spiro atoms. The molecule has 0 radical (unpaired) electrons. The third-order valence-electron chi connectivity index (χ3n) is 11.2. The van der Waals surface area contributed by atoms with E-state index in [1.807, 2.05) is 20.8 Å². The van der Waals surface area contributed by atoms with E-state index in [0.29, 0.717) is 35.2 Å². The van der Waals surface area contributed by atoms with Crippen LogP contribution in [0.5, 0.6) is 0 Å². The van der Waals surface area contributed by atoms with Gasteiger partial charge in [-0.25, -0.2) is 0 Å². The highest BCUT2D eigenvalue weighted by Gasteiger charge is 2.60. The SMILES string of the molecule is CC(C)CC=C[C@@H](COC(=O)C(C)(C)C)[C@H]1CC[C@H]2[C@@H]3CCC4CCCC[C@]4(C)[C@H]3CC[C@]12C. The highest BCUT2D eigenvalue weighted by Crippen LogP contribution is 2.68. The van der Waals surface area contributed by atoms with Crippen molar-refractivity contribution in [3.8, 4) is 0 Å². The van der Waals surface area contributed by atoms with E-state index in [0.717, 1.165) is 30.1 Å². The number of esters is 1. The minimum absolute atomic E-state index is 0.0540. The first-order valence-corrected chi connectivity index (χ1v) is 14.8. The van der Waals surface area contributed by atoms with Crippen LogP contribution in [0.3, 0.4) is 0 Å². The van der Waals surface area contributed by atoms with Gasteiger partial charge in [-0.15, -0.1) is 0 Å². The first kappa shape index (κ1) is 26.3. The number of ether oxygens (including phenoxy) is 1. The lowest BCUT2D eigenvalue weighted by Gasteiger charge is -2.60. The van der Waals surface area contributed by atoms with Gasteiger partial charge in [-0.05, 0) is 125 Å². The van der Waals surface area contributed by atoms with Gasteiger partial charge in [-0.3, -0.25) is 4.79 Å². The van der Waals surface area contributed by atoms with E-state index >= 15 is 0 Å². The molecule has 0 aromatic heterocycles. The summed E-state index contributed by atoms with van der Waals surface area (Å²) in [5, 5.41) is 0. The van der Waals surface area contributed by atoms with Crippen LogP contribution in [-0.2, 0) is 9.53 Å². The van der Waals surface area contributed by atoms with Crippen LogP contribution in [0.25, 0.3) is 0 Å². The minimum atomic E-state index is -0.430. The molecule has 194 valence electrons. The summed E-state index contributed by atoms with van der Waals surface area (Å²) in [6, 6.07) is 0. The predicted octanol–water partition coefficient (Wildman–Crippen LogP) is 8.84. The van der Waals surface area contributed by atoms with Gasteiger partial charge in [0.15, 0.2) is 0 Å². The molecule has 34 heavy (non-hydrogen) atoms. The minimum Gasteiger partial charge on any atom is -0.465 e. The Morgan fingerprint density at radius 3 is 2.38 bits per heavy atom. The average molecular weight is 471 g/mol. The van der Waals surface area contributed by atoms with Gasteiger partial charge in [0.25, 0.3) is 0 Å². The van der Waals surface area contributed by atoms with Crippen LogP contribution >= 0.6 is 0 Å². The molecule has 4 fully saturated rings. The Morgan fingerprint density at radius 2 is 1.68 bits per heavy atom. The zero-order valence-corrected chi connectivity index (χ0v) is 23.5. The lowest BCUT2D eigenvalue weighted by molar-refractivity contribution is -0.155. The van der Waals surface area contributed by atoms with Crippen molar-refractivity contribution >= 4 is 5.97 Å². The van der Waals surface area contributed by atoms with Crippen molar-refractivity contribution in [2.24, 2.45) is 57.7 Å². The van der Waals surface area contributed by atoms with Crippen molar-refractivity contribution in [3.63, 3.8) is 0 Å². The number of fused-ring (bicyclic) bond motifs is 5. The van der Waals surface area contributed by atoms with Crippen molar-refractivity contribution in [1.29, 1.82) is 0 Å². The summed E-state index contributed by atoms with van der Waals surface area (Å²) >= 11 is 0. The number of carbonyl (C=O) groups is 1. The largest absolute Gasteiger partial charge is 0.465 e. The first-order chi connectivity index (χ1) is 16.0. The van der Waals surface area contributed by atoms with Crippen molar-refractivity contribution < 1.29 is 9.53 Å². The van der Waals surface area contributed by atoms with Crippen molar-refractivity contribution in [2.75, 3.05) is 6.61 Å². The molecule has 2 heteroatoms. The molecule has 4 rings (SSSR count). The average Bonchev–Trinajstić information content (AvgIpc) is 3.11. The number of hydrogen-bond acceptors (Lipinski definition) is 2. The van der Waals surface area contributed by atoms with E-state index in [9.17, 15) is 4.79 Å². The second-order valence-electron chi connectivity index (χ2n) is 14.7. The van der Waals surface area contributed by atoms with Crippen LogP contribution in [0.4, 0.5) is 0 Å². The van der Waals surface area contributed by atoms with Gasteiger partial charge in [0.05, 0.1) is 12.0 Å². The summed E-state index contributed by atoms with van der Waals surface area (Å²) in [5.74, 6) is 5.37. The van der Waals surface area contributed by atoms with Gasteiger partial charge in [0, 0.05) is 5.92 Å². The Morgan fingerprint density at radius 1 is 0.941 bits per heavy atom. The number of allylic oxidation sites excluding steroid dienone is 1. The maximum Gasteiger partial charge on any atom is 0.311 e. The zero-order chi connectivity index (χ0) is 24.7. The summed E-state index contributed by atoms with van der Waals surface area (Å²) in [7, 11) is 0.